The van der Waals surface area contributed by atoms with Crippen LogP contribution >= 0.6 is 0 Å². The highest BCUT2D eigenvalue weighted by molar-refractivity contribution is 5.80. The summed E-state index contributed by atoms with van der Waals surface area (Å²) in [7, 11) is 0. The molecule has 0 saturated heterocycles. The molecule has 1 aromatic carbocycles. The zero-order valence-corrected chi connectivity index (χ0v) is 8.80. The van der Waals surface area contributed by atoms with Crippen molar-refractivity contribution in [2.24, 2.45) is 0 Å². The molecule has 16 heavy (non-hydrogen) atoms. The summed E-state index contributed by atoms with van der Waals surface area (Å²) in [6.45, 7) is 1.60. The molecule has 0 aliphatic carbocycles. The fourth-order valence-electron chi connectivity index (χ4n) is 1.44. The number of benzene rings is 1. The summed E-state index contributed by atoms with van der Waals surface area (Å²) in [6, 6.07) is 9.16. The van der Waals surface area contributed by atoms with Gasteiger partial charge in [0, 0.05) is 11.1 Å². The molecule has 0 atom stereocenters. The average Bonchev–Trinajstić information content (AvgIpc) is 2.26. The fourth-order valence-corrected chi connectivity index (χ4v) is 1.44. The van der Waals surface area contributed by atoms with Crippen molar-refractivity contribution in [2.45, 2.75) is 6.92 Å². The molecule has 1 heterocycles. The van der Waals surface area contributed by atoms with Gasteiger partial charge in [0.05, 0.1) is 5.52 Å². The van der Waals surface area contributed by atoms with Crippen molar-refractivity contribution >= 4 is 16.9 Å². The molecule has 2 aromatic rings. The van der Waals surface area contributed by atoms with Gasteiger partial charge >= 0.3 is 5.97 Å². The lowest BCUT2D eigenvalue weighted by atomic mass is 10.2. The van der Waals surface area contributed by atoms with Crippen LogP contribution in [0.4, 0.5) is 0 Å². The van der Waals surface area contributed by atoms with E-state index in [1.165, 1.54) is 0 Å². The van der Waals surface area contributed by atoms with Gasteiger partial charge in [-0.25, -0.2) is 4.79 Å². The molecule has 0 aliphatic heterocycles. The van der Waals surface area contributed by atoms with Gasteiger partial charge in [0.2, 0.25) is 0 Å². The molecule has 0 radical (unpaired) electrons. The van der Waals surface area contributed by atoms with Crippen LogP contribution in [0.15, 0.2) is 30.3 Å². The number of aryl methyl sites for hydroxylation is 1. The van der Waals surface area contributed by atoms with Crippen molar-refractivity contribution in [3.8, 4) is 5.75 Å². The van der Waals surface area contributed by atoms with Gasteiger partial charge in [0.25, 0.3) is 0 Å². The number of carboxylic acid groups (broad SMARTS) is 1. The molecule has 0 bridgehead atoms. The fraction of sp³-hybridized carbons (Fsp3) is 0.167. The Bertz CT molecular complexity index is 537. The van der Waals surface area contributed by atoms with Crippen LogP contribution in [0.1, 0.15) is 5.69 Å². The summed E-state index contributed by atoms with van der Waals surface area (Å²) in [4.78, 5) is 14.7. The summed E-state index contributed by atoms with van der Waals surface area (Å²) in [6.07, 6.45) is 0. The zero-order chi connectivity index (χ0) is 11.5. The molecular formula is C12H11NO3. The molecule has 1 N–H and O–H groups in total. The van der Waals surface area contributed by atoms with Crippen molar-refractivity contribution < 1.29 is 14.6 Å². The van der Waals surface area contributed by atoms with E-state index in [1.54, 1.807) is 12.1 Å². The minimum Gasteiger partial charge on any atom is -0.482 e. The first-order valence-corrected chi connectivity index (χ1v) is 4.87. The molecule has 0 aliphatic rings. The largest absolute Gasteiger partial charge is 0.482 e. The summed E-state index contributed by atoms with van der Waals surface area (Å²) in [5.41, 5.74) is 1.83. The van der Waals surface area contributed by atoms with Crippen LogP contribution in [0.25, 0.3) is 10.9 Å². The minimum atomic E-state index is -0.984. The Balaban J connectivity index is 2.30. The molecule has 0 amide bonds. The van der Waals surface area contributed by atoms with Crippen LogP contribution in [0.5, 0.6) is 5.75 Å². The Kier molecular flexibility index (Phi) is 2.72. The maximum atomic E-state index is 10.3. The highest BCUT2D eigenvalue weighted by Gasteiger charge is 2.01. The minimum absolute atomic E-state index is 0.329. The van der Waals surface area contributed by atoms with E-state index < -0.39 is 5.97 Å². The molecule has 4 heteroatoms. The van der Waals surface area contributed by atoms with E-state index in [9.17, 15) is 4.79 Å². The normalized spacial score (nSPS) is 10.3. The average molecular weight is 217 g/mol. The lowest BCUT2D eigenvalue weighted by Crippen LogP contribution is -2.09. The maximum Gasteiger partial charge on any atom is 0.341 e. The highest BCUT2D eigenvalue weighted by Crippen LogP contribution is 2.19. The van der Waals surface area contributed by atoms with Crippen LogP contribution in [-0.2, 0) is 4.79 Å². The zero-order valence-electron chi connectivity index (χ0n) is 8.80. The summed E-state index contributed by atoms with van der Waals surface area (Å²) >= 11 is 0. The molecule has 82 valence electrons. The SMILES string of the molecule is Cc1ccc2cc(OCC(=O)O)ccc2n1. The van der Waals surface area contributed by atoms with Gasteiger partial charge < -0.3 is 9.84 Å². The number of hydrogen-bond donors (Lipinski definition) is 1. The molecule has 4 nitrogen and oxygen atoms in total. The second-order valence-electron chi connectivity index (χ2n) is 3.49. The number of carbonyl (C=O) groups is 1. The first-order valence-electron chi connectivity index (χ1n) is 4.87. The Hall–Kier alpha value is -2.10. The van der Waals surface area contributed by atoms with Crippen molar-refractivity contribution in [1.82, 2.24) is 4.98 Å². The third-order valence-electron chi connectivity index (χ3n) is 2.16. The number of rotatable bonds is 3. The smallest absolute Gasteiger partial charge is 0.341 e. The molecule has 0 saturated carbocycles. The van der Waals surface area contributed by atoms with E-state index in [4.69, 9.17) is 9.84 Å². The Morgan fingerprint density at radius 3 is 2.94 bits per heavy atom. The summed E-state index contributed by atoms with van der Waals surface area (Å²) < 4.78 is 5.08. The number of pyridine rings is 1. The number of carboxylic acids is 1. The molecule has 0 spiro atoms. The highest BCUT2D eigenvalue weighted by atomic mass is 16.5. The van der Waals surface area contributed by atoms with Crippen LogP contribution in [0.2, 0.25) is 0 Å². The number of aliphatic carboxylic acids is 1. The van der Waals surface area contributed by atoms with E-state index in [0.29, 0.717) is 5.75 Å². The van der Waals surface area contributed by atoms with Gasteiger partial charge in [-0.15, -0.1) is 0 Å². The van der Waals surface area contributed by atoms with Crippen LogP contribution < -0.4 is 4.74 Å². The molecule has 0 fully saturated rings. The van der Waals surface area contributed by atoms with Crippen LogP contribution in [-0.4, -0.2) is 22.7 Å². The molecular weight excluding hydrogens is 206 g/mol. The predicted molar refractivity (Wildman–Crippen MR) is 59.6 cm³/mol. The standard InChI is InChI=1S/C12H11NO3/c1-8-2-3-9-6-10(16-7-12(14)15)4-5-11(9)13-8/h2-6H,7H2,1H3,(H,14,15). The third kappa shape index (κ3) is 2.28. The van der Waals surface area contributed by atoms with E-state index >= 15 is 0 Å². The lowest BCUT2D eigenvalue weighted by molar-refractivity contribution is -0.139. The lowest BCUT2D eigenvalue weighted by Gasteiger charge is -2.04. The number of fused-ring (bicyclic) bond motifs is 1. The van der Waals surface area contributed by atoms with Gasteiger partial charge in [-0.2, -0.15) is 0 Å². The number of aromatic nitrogens is 1. The third-order valence-corrected chi connectivity index (χ3v) is 2.16. The Labute approximate surface area is 92.5 Å². The van der Waals surface area contributed by atoms with E-state index in [1.807, 2.05) is 25.1 Å². The molecule has 2 rings (SSSR count). The van der Waals surface area contributed by atoms with Gasteiger partial charge in [-0.3, -0.25) is 4.98 Å². The number of ether oxygens (including phenoxy) is 1. The Morgan fingerprint density at radius 2 is 2.19 bits per heavy atom. The van der Waals surface area contributed by atoms with Gasteiger partial charge in [0.1, 0.15) is 5.75 Å². The van der Waals surface area contributed by atoms with Gasteiger partial charge in [-0.05, 0) is 31.2 Å². The second kappa shape index (κ2) is 4.18. The topological polar surface area (TPSA) is 59.4 Å². The first-order chi connectivity index (χ1) is 7.65. The van der Waals surface area contributed by atoms with Crippen molar-refractivity contribution in [3.05, 3.63) is 36.0 Å². The maximum absolute atomic E-state index is 10.3. The van der Waals surface area contributed by atoms with Crippen molar-refractivity contribution in [2.75, 3.05) is 6.61 Å². The quantitative estimate of drug-likeness (QED) is 0.854. The first kappa shape index (κ1) is 10.4. The number of nitrogens with zero attached hydrogens (tertiary/aromatic N) is 1. The summed E-state index contributed by atoms with van der Waals surface area (Å²) in [5, 5.41) is 9.43. The number of hydrogen-bond acceptors (Lipinski definition) is 3. The Morgan fingerprint density at radius 1 is 1.38 bits per heavy atom. The van der Waals surface area contributed by atoms with E-state index in [0.717, 1.165) is 16.6 Å². The van der Waals surface area contributed by atoms with Crippen molar-refractivity contribution in [3.63, 3.8) is 0 Å². The van der Waals surface area contributed by atoms with Gasteiger partial charge in [-0.1, -0.05) is 6.07 Å². The second-order valence-corrected chi connectivity index (χ2v) is 3.49. The van der Waals surface area contributed by atoms with E-state index in [-0.39, 0.29) is 6.61 Å². The van der Waals surface area contributed by atoms with Gasteiger partial charge in [0.15, 0.2) is 6.61 Å². The predicted octanol–water partition coefficient (Wildman–Crippen LogP) is 2.01. The van der Waals surface area contributed by atoms with Crippen LogP contribution in [0, 0.1) is 6.92 Å². The molecule has 1 aromatic heterocycles. The summed E-state index contributed by atoms with van der Waals surface area (Å²) in [5.74, 6) is -0.442. The van der Waals surface area contributed by atoms with Crippen LogP contribution in [0.3, 0.4) is 0 Å². The molecule has 0 unspecified atom stereocenters. The van der Waals surface area contributed by atoms with Crippen molar-refractivity contribution in [1.29, 1.82) is 0 Å². The monoisotopic (exact) mass is 217 g/mol. The van der Waals surface area contributed by atoms with E-state index in [2.05, 4.69) is 4.98 Å².